The standard InChI is InChI=1S/C12H13ClFN3/c1-12(2,3)9-6-8(7-10(13)11(9)14)17-5-4-15-16-17/h4-7H,1-3H3. The van der Waals surface area contributed by atoms with Crippen LogP contribution < -0.4 is 0 Å². The summed E-state index contributed by atoms with van der Waals surface area (Å²) in [4.78, 5) is 0. The number of hydrogen-bond donors (Lipinski definition) is 0. The monoisotopic (exact) mass is 253 g/mol. The second-order valence-corrected chi connectivity index (χ2v) is 5.29. The van der Waals surface area contributed by atoms with Gasteiger partial charge in [-0.3, -0.25) is 0 Å². The molecule has 1 heterocycles. The Hall–Kier alpha value is -1.42. The Labute approximate surface area is 104 Å². The van der Waals surface area contributed by atoms with Crippen molar-refractivity contribution in [3.8, 4) is 5.69 Å². The van der Waals surface area contributed by atoms with Crippen LogP contribution in [0.3, 0.4) is 0 Å². The zero-order valence-electron chi connectivity index (χ0n) is 9.91. The van der Waals surface area contributed by atoms with Gasteiger partial charge in [-0.2, -0.15) is 0 Å². The number of rotatable bonds is 1. The van der Waals surface area contributed by atoms with Gasteiger partial charge in [-0.15, -0.1) is 5.10 Å². The molecule has 0 aliphatic rings. The molecule has 0 N–H and O–H groups in total. The van der Waals surface area contributed by atoms with Gasteiger partial charge in [0.2, 0.25) is 0 Å². The summed E-state index contributed by atoms with van der Waals surface area (Å²) in [6.45, 7) is 5.81. The Bertz CT molecular complexity index is 529. The molecule has 0 saturated carbocycles. The van der Waals surface area contributed by atoms with Crippen molar-refractivity contribution in [1.82, 2.24) is 15.0 Å². The Morgan fingerprint density at radius 1 is 1.29 bits per heavy atom. The molecular formula is C12H13ClFN3. The van der Waals surface area contributed by atoms with Gasteiger partial charge in [0.1, 0.15) is 5.82 Å². The molecule has 0 aliphatic carbocycles. The number of nitrogens with zero attached hydrogens (tertiary/aromatic N) is 3. The smallest absolute Gasteiger partial charge is 0.145 e. The van der Waals surface area contributed by atoms with Crippen molar-refractivity contribution in [2.75, 3.05) is 0 Å². The molecule has 0 atom stereocenters. The molecule has 0 aliphatic heterocycles. The third-order valence-electron chi connectivity index (χ3n) is 2.51. The fourth-order valence-electron chi connectivity index (χ4n) is 1.60. The van der Waals surface area contributed by atoms with E-state index in [9.17, 15) is 4.39 Å². The summed E-state index contributed by atoms with van der Waals surface area (Å²) in [7, 11) is 0. The molecule has 3 nitrogen and oxygen atoms in total. The number of benzene rings is 1. The predicted molar refractivity (Wildman–Crippen MR) is 65.0 cm³/mol. The van der Waals surface area contributed by atoms with Gasteiger partial charge < -0.3 is 0 Å². The maximum absolute atomic E-state index is 13.9. The molecule has 1 aromatic carbocycles. The van der Waals surface area contributed by atoms with Crippen LogP contribution in [0, 0.1) is 5.82 Å². The Morgan fingerprint density at radius 3 is 2.53 bits per heavy atom. The molecule has 0 radical (unpaired) electrons. The summed E-state index contributed by atoms with van der Waals surface area (Å²) >= 11 is 5.91. The van der Waals surface area contributed by atoms with E-state index in [0.717, 1.165) is 0 Å². The normalized spacial score (nSPS) is 11.8. The zero-order valence-corrected chi connectivity index (χ0v) is 10.7. The number of hydrogen-bond acceptors (Lipinski definition) is 2. The minimum absolute atomic E-state index is 0.0999. The fraction of sp³-hybridized carbons (Fsp3) is 0.333. The van der Waals surface area contributed by atoms with Crippen molar-refractivity contribution < 1.29 is 4.39 Å². The van der Waals surface area contributed by atoms with Crippen LogP contribution in [-0.2, 0) is 5.41 Å². The lowest BCUT2D eigenvalue weighted by Gasteiger charge is -2.21. The Morgan fingerprint density at radius 2 is 2.00 bits per heavy atom. The van der Waals surface area contributed by atoms with Crippen molar-refractivity contribution in [3.05, 3.63) is 40.9 Å². The fourth-order valence-corrected chi connectivity index (χ4v) is 1.81. The SMILES string of the molecule is CC(C)(C)c1cc(-n2ccnn2)cc(Cl)c1F. The van der Waals surface area contributed by atoms with Crippen LogP contribution in [0.25, 0.3) is 5.69 Å². The van der Waals surface area contributed by atoms with Crippen molar-refractivity contribution in [3.63, 3.8) is 0 Å². The quantitative estimate of drug-likeness (QED) is 0.780. The lowest BCUT2D eigenvalue weighted by atomic mass is 9.86. The van der Waals surface area contributed by atoms with E-state index >= 15 is 0 Å². The molecule has 0 saturated heterocycles. The summed E-state index contributed by atoms with van der Waals surface area (Å²) in [5.41, 5.74) is 0.957. The first-order valence-corrected chi connectivity index (χ1v) is 5.63. The van der Waals surface area contributed by atoms with Gasteiger partial charge in [0, 0.05) is 0 Å². The van der Waals surface area contributed by atoms with E-state index in [0.29, 0.717) is 11.3 Å². The highest BCUT2D eigenvalue weighted by Crippen LogP contribution is 2.31. The van der Waals surface area contributed by atoms with E-state index in [2.05, 4.69) is 10.3 Å². The van der Waals surface area contributed by atoms with Crippen LogP contribution in [-0.4, -0.2) is 15.0 Å². The molecule has 0 unspecified atom stereocenters. The average Bonchev–Trinajstić information content (AvgIpc) is 2.73. The summed E-state index contributed by atoms with van der Waals surface area (Å²) in [5.74, 6) is -0.372. The van der Waals surface area contributed by atoms with Gasteiger partial charge in [0.15, 0.2) is 0 Å². The van der Waals surface area contributed by atoms with Gasteiger partial charge in [0.25, 0.3) is 0 Å². The minimum atomic E-state index is -0.372. The van der Waals surface area contributed by atoms with E-state index in [1.165, 1.54) is 0 Å². The topological polar surface area (TPSA) is 30.7 Å². The van der Waals surface area contributed by atoms with E-state index < -0.39 is 0 Å². The van der Waals surface area contributed by atoms with Crippen molar-refractivity contribution in [2.24, 2.45) is 0 Å². The third kappa shape index (κ3) is 2.31. The molecule has 90 valence electrons. The second kappa shape index (κ2) is 4.11. The van der Waals surface area contributed by atoms with E-state index in [-0.39, 0.29) is 16.3 Å². The van der Waals surface area contributed by atoms with Crippen LogP contribution in [0.1, 0.15) is 26.3 Å². The Balaban J connectivity index is 2.62. The first kappa shape index (κ1) is 12.0. The Kier molecular flexibility index (Phi) is 2.91. The highest BCUT2D eigenvalue weighted by atomic mass is 35.5. The van der Waals surface area contributed by atoms with Gasteiger partial charge in [-0.05, 0) is 23.1 Å². The molecule has 0 spiro atoms. The predicted octanol–water partition coefficient (Wildman–Crippen LogP) is 3.36. The average molecular weight is 254 g/mol. The third-order valence-corrected chi connectivity index (χ3v) is 2.78. The summed E-state index contributed by atoms with van der Waals surface area (Å²) in [5, 5.41) is 7.68. The maximum atomic E-state index is 13.9. The molecule has 0 bridgehead atoms. The van der Waals surface area contributed by atoms with Crippen molar-refractivity contribution >= 4 is 11.6 Å². The second-order valence-electron chi connectivity index (χ2n) is 4.89. The zero-order chi connectivity index (χ0) is 12.6. The summed E-state index contributed by atoms with van der Waals surface area (Å²) < 4.78 is 15.5. The molecule has 17 heavy (non-hydrogen) atoms. The molecule has 1 aromatic heterocycles. The van der Waals surface area contributed by atoms with Crippen molar-refractivity contribution in [2.45, 2.75) is 26.2 Å². The van der Waals surface area contributed by atoms with E-state index in [4.69, 9.17) is 11.6 Å². The first-order chi connectivity index (χ1) is 7.89. The van der Waals surface area contributed by atoms with Crippen LogP contribution in [0.5, 0.6) is 0 Å². The maximum Gasteiger partial charge on any atom is 0.145 e. The largest absolute Gasteiger partial charge is 0.221 e. The molecule has 0 fully saturated rings. The highest BCUT2D eigenvalue weighted by Gasteiger charge is 2.21. The first-order valence-electron chi connectivity index (χ1n) is 5.26. The van der Waals surface area contributed by atoms with Gasteiger partial charge in [-0.25, -0.2) is 9.07 Å². The van der Waals surface area contributed by atoms with Crippen LogP contribution in [0.2, 0.25) is 5.02 Å². The molecule has 2 rings (SSSR count). The number of halogens is 2. The van der Waals surface area contributed by atoms with Crippen LogP contribution >= 0.6 is 11.6 Å². The van der Waals surface area contributed by atoms with Gasteiger partial charge in [-0.1, -0.05) is 37.6 Å². The lowest BCUT2D eigenvalue weighted by molar-refractivity contribution is 0.522. The molecular weight excluding hydrogens is 241 g/mol. The minimum Gasteiger partial charge on any atom is -0.221 e. The highest BCUT2D eigenvalue weighted by molar-refractivity contribution is 6.31. The number of aromatic nitrogens is 3. The van der Waals surface area contributed by atoms with Crippen molar-refractivity contribution in [1.29, 1.82) is 0 Å². The van der Waals surface area contributed by atoms with E-state index in [1.807, 2.05) is 20.8 Å². The summed E-state index contributed by atoms with van der Waals surface area (Å²) in [6.07, 6.45) is 3.25. The summed E-state index contributed by atoms with van der Waals surface area (Å²) in [6, 6.07) is 3.29. The van der Waals surface area contributed by atoms with E-state index in [1.54, 1.807) is 29.2 Å². The molecule has 5 heteroatoms. The molecule has 0 amide bonds. The van der Waals surface area contributed by atoms with Gasteiger partial charge in [0.05, 0.1) is 23.1 Å². The van der Waals surface area contributed by atoms with Crippen LogP contribution in [0.4, 0.5) is 4.39 Å². The van der Waals surface area contributed by atoms with Crippen LogP contribution in [0.15, 0.2) is 24.5 Å². The van der Waals surface area contributed by atoms with Gasteiger partial charge >= 0.3 is 0 Å². The molecule has 2 aromatic rings. The lowest BCUT2D eigenvalue weighted by Crippen LogP contribution is -2.15.